The SMILES string of the molecule is C=C(C)NCCCC(C)COC(C)=O. The van der Waals surface area contributed by atoms with E-state index in [2.05, 4.69) is 18.8 Å². The van der Waals surface area contributed by atoms with E-state index in [-0.39, 0.29) is 5.97 Å². The molecule has 0 radical (unpaired) electrons. The zero-order chi connectivity index (χ0) is 11.0. The van der Waals surface area contributed by atoms with Crippen molar-refractivity contribution >= 4 is 5.97 Å². The van der Waals surface area contributed by atoms with Crippen molar-refractivity contribution in [2.75, 3.05) is 13.2 Å². The zero-order valence-corrected chi connectivity index (χ0v) is 9.43. The van der Waals surface area contributed by atoms with Gasteiger partial charge < -0.3 is 10.1 Å². The molecule has 82 valence electrons. The average Bonchev–Trinajstić information content (AvgIpc) is 2.08. The minimum absolute atomic E-state index is 0.197. The summed E-state index contributed by atoms with van der Waals surface area (Å²) in [6, 6.07) is 0. The molecule has 0 aromatic carbocycles. The maximum absolute atomic E-state index is 10.5. The lowest BCUT2D eigenvalue weighted by Crippen LogP contribution is -2.14. The van der Waals surface area contributed by atoms with Gasteiger partial charge in [0.05, 0.1) is 6.61 Å². The van der Waals surface area contributed by atoms with Crippen LogP contribution in [0.3, 0.4) is 0 Å². The fraction of sp³-hybridized carbons (Fsp3) is 0.727. The Balaban J connectivity index is 3.30. The van der Waals surface area contributed by atoms with E-state index in [1.807, 2.05) is 6.92 Å². The molecule has 0 aliphatic carbocycles. The molecule has 0 aliphatic heterocycles. The molecule has 0 amide bonds. The topological polar surface area (TPSA) is 38.3 Å². The highest BCUT2D eigenvalue weighted by Crippen LogP contribution is 2.05. The third-order valence-electron chi connectivity index (χ3n) is 1.87. The summed E-state index contributed by atoms with van der Waals surface area (Å²) in [6.45, 7) is 10.7. The molecule has 0 aromatic heterocycles. The highest BCUT2D eigenvalue weighted by atomic mass is 16.5. The van der Waals surface area contributed by atoms with Crippen LogP contribution in [0.15, 0.2) is 12.3 Å². The second-order valence-electron chi connectivity index (χ2n) is 3.76. The lowest BCUT2D eigenvalue weighted by atomic mass is 10.1. The second-order valence-corrected chi connectivity index (χ2v) is 3.76. The van der Waals surface area contributed by atoms with E-state index in [1.54, 1.807) is 0 Å². The first kappa shape index (κ1) is 13.0. The number of esters is 1. The van der Waals surface area contributed by atoms with Gasteiger partial charge in [0.2, 0.25) is 0 Å². The molecule has 0 fully saturated rings. The fourth-order valence-corrected chi connectivity index (χ4v) is 1.10. The van der Waals surface area contributed by atoms with Crippen LogP contribution in [0.1, 0.15) is 33.6 Å². The Labute approximate surface area is 86.5 Å². The van der Waals surface area contributed by atoms with Crippen molar-refractivity contribution in [1.29, 1.82) is 0 Å². The van der Waals surface area contributed by atoms with Crippen LogP contribution in [0.5, 0.6) is 0 Å². The Bertz CT molecular complexity index is 190. The number of carbonyl (C=O) groups is 1. The van der Waals surface area contributed by atoms with Crippen molar-refractivity contribution in [3.05, 3.63) is 12.3 Å². The van der Waals surface area contributed by atoms with Gasteiger partial charge >= 0.3 is 5.97 Å². The first-order valence-corrected chi connectivity index (χ1v) is 5.05. The first-order chi connectivity index (χ1) is 6.52. The summed E-state index contributed by atoms with van der Waals surface area (Å²) in [6.07, 6.45) is 2.14. The van der Waals surface area contributed by atoms with Crippen molar-refractivity contribution < 1.29 is 9.53 Å². The van der Waals surface area contributed by atoms with E-state index in [0.29, 0.717) is 12.5 Å². The van der Waals surface area contributed by atoms with Crippen LogP contribution in [-0.2, 0) is 9.53 Å². The molecular formula is C11H21NO2. The normalized spacial score (nSPS) is 11.9. The van der Waals surface area contributed by atoms with Crippen molar-refractivity contribution in [3.8, 4) is 0 Å². The third kappa shape index (κ3) is 9.10. The lowest BCUT2D eigenvalue weighted by Gasteiger charge is -2.11. The van der Waals surface area contributed by atoms with E-state index >= 15 is 0 Å². The fourth-order valence-electron chi connectivity index (χ4n) is 1.10. The van der Waals surface area contributed by atoms with Crippen LogP contribution >= 0.6 is 0 Å². The quantitative estimate of drug-likeness (QED) is 0.504. The van der Waals surface area contributed by atoms with Crippen molar-refractivity contribution in [2.24, 2.45) is 5.92 Å². The summed E-state index contributed by atoms with van der Waals surface area (Å²) < 4.78 is 4.90. The molecule has 0 aromatic rings. The first-order valence-electron chi connectivity index (χ1n) is 5.05. The second kappa shape index (κ2) is 7.42. The van der Waals surface area contributed by atoms with Gasteiger partial charge in [0.25, 0.3) is 0 Å². The van der Waals surface area contributed by atoms with E-state index in [0.717, 1.165) is 25.1 Å². The van der Waals surface area contributed by atoms with E-state index < -0.39 is 0 Å². The Hall–Kier alpha value is -0.990. The van der Waals surface area contributed by atoms with Crippen LogP contribution in [-0.4, -0.2) is 19.1 Å². The Morgan fingerprint density at radius 3 is 2.64 bits per heavy atom. The van der Waals surface area contributed by atoms with E-state index in [9.17, 15) is 4.79 Å². The molecule has 0 spiro atoms. The van der Waals surface area contributed by atoms with Gasteiger partial charge in [-0.3, -0.25) is 4.79 Å². The van der Waals surface area contributed by atoms with Crippen LogP contribution in [0.25, 0.3) is 0 Å². The molecule has 0 bridgehead atoms. The maximum Gasteiger partial charge on any atom is 0.302 e. The lowest BCUT2D eigenvalue weighted by molar-refractivity contribution is -0.142. The number of allylic oxidation sites excluding steroid dienone is 1. The monoisotopic (exact) mass is 199 g/mol. The minimum atomic E-state index is -0.197. The van der Waals surface area contributed by atoms with Crippen molar-refractivity contribution in [3.63, 3.8) is 0 Å². The van der Waals surface area contributed by atoms with Gasteiger partial charge in [-0.25, -0.2) is 0 Å². The summed E-state index contributed by atoms with van der Waals surface area (Å²) in [4.78, 5) is 10.5. The number of carbonyl (C=O) groups excluding carboxylic acids is 1. The molecular weight excluding hydrogens is 178 g/mol. The van der Waals surface area contributed by atoms with Crippen LogP contribution in [0, 0.1) is 5.92 Å². The van der Waals surface area contributed by atoms with Gasteiger partial charge in [-0.2, -0.15) is 0 Å². The van der Waals surface area contributed by atoms with Gasteiger partial charge in [-0.05, 0) is 25.7 Å². The maximum atomic E-state index is 10.5. The predicted octanol–water partition coefficient (Wildman–Crippen LogP) is 2.09. The van der Waals surface area contributed by atoms with E-state index in [4.69, 9.17) is 4.74 Å². The molecule has 3 nitrogen and oxygen atoms in total. The summed E-state index contributed by atoms with van der Waals surface area (Å²) >= 11 is 0. The smallest absolute Gasteiger partial charge is 0.302 e. The minimum Gasteiger partial charge on any atom is -0.466 e. The highest BCUT2D eigenvalue weighted by molar-refractivity contribution is 5.65. The summed E-state index contributed by atoms with van der Waals surface area (Å²) in [5.41, 5.74) is 0.998. The number of rotatable bonds is 7. The largest absolute Gasteiger partial charge is 0.466 e. The van der Waals surface area contributed by atoms with Gasteiger partial charge in [0.1, 0.15) is 0 Å². The van der Waals surface area contributed by atoms with Crippen molar-refractivity contribution in [2.45, 2.75) is 33.6 Å². The molecule has 0 saturated heterocycles. The predicted molar refractivity (Wildman–Crippen MR) is 57.8 cm³/mol. The van der Waals surface area contributed by atoms with Crippen LogP contribution < -0.4 is 5.32 Å². The number of hydrogen-bond acceptors (Lipinski definition) is 3. The number of nitrogens with one attached hydrogen (secondary N) is 1. The molecule has 0 rings (SSSR count). The van der Waals surface area contributed by atoms with Crippen LogP contribution in [0.2, 0.25) is 0 Å². The third-order valence-corrected chi connectivity index (χ3v) is 1.87. The molecule has 0 heterocycles. The highest BCUT2D eigenvalue weighted by Gasteiger charge is 2.03. The summed E-state index contributed by atoms with van der Waals surface area (Å²) in [7, 11) is 0. The average molecular weight is 199 g/mol. The van der Waals surface area contributed by atoms with Gasteiger partial charge in [-0.1, -0.05) is 13.5 Å². The molecule has 14 heavy (non-hydrogen) atoms. The van der Waals surface area contributed by atoms with Gasteiger partial charge in [-0.15, -0.1) is 0 Å². The standard InChI is InChI=1S/C11H21NO2/c1-9(2)12-7-5-6-10(3)8-14-11(4)13/h10,12H,1,5-8H2,2-4H3. The molecule has 1 unspecified atom stereocenters. The molecule has 0 aliphatic rings. The molecule has 0 saturated carbocycles. The summed E-state index contributed by atoms with van der Waals surface area (Å²) in [5, 5.41) is 3.16. The number of hydrogen-bond donors (Lipinski definition) is 1. The van der Waals surface area contributed by atoms with Crippen molar-refractivity contribution in [1.82, 2.24) is 5.32 Å². The van der Waals surface area contributed by atoms with Gasteiger partial charge in [0, 0.05) is 19.2 Å². The Kier molecular flexibility index (Phi) is 6.89. The molecule has 1 N–H and O–H groups in total. The zero-order valence-electron chi connectivity index (χ0n) is 9.43. The summed E-state index contributed by atoms with van der Waals surface area (Å²) in [5.74, 6) is 0.239. The van der Waals surface area contributed by atoms with Gasteiger partial charge in [0.15, 0.2) is 0 Å². The molecule has 3 heteroatoms. The Morgan fingerprint density at radius 2 is 2.14 bits per heavy atom. The molecule has 1 atom stereocenters. The van der Waals surface area contributed by atoms with E-state index in [1.165, 1.54) is 6.92 Å². The Morgan fingerprint density at radius 1 is 1.50 bits per heavy atom. The number of ether oxygens (including phenoxy) is 1. The van der Waals surface area contributed by atoms with Crippen LogP contribution in [0.4, 0.5) is 0 Å².